The number of benzene rings is 2. The van der Waals surface area contributed by atoms with E-state index in [0.717, 1.165) is 29.6 Å². The van der Waals surface area contributed by atoms with Gasteiger partial charge in [0.2, 0.25) is 15.9 Å². The summed E-state index contributed by atoms with van der Waals surface area (Å²) in [6.45, 7) is 4.21. The fourth-order valence-electron chi connectivity index (χ4n) is 4.22. The zero-order valence-corrected chi connectivity index (χ0v) is 22.9. The van der Waals surface area contributed by atoms with Crippen molar-refractivity contribution in [3.05, 3.63) is 59.2 Å². The second kappa shape index (κ2) is 12.3. The molecule has 1 amide bonds. The molecule has 11 heteroatoms. The summed E-state index contributed by atoms with van der Waals surface area (Å²) in [5.74, 6) is 0.414. The molecule has 0 aliphatic carbocycles. The normalized spacial score (nSPS) is 17.3. The SMILES string of the molecule is CC(C)(Cc1cccc(CC(=O)NC2CCSC(=O)C2)c1)NC[C@H](O)c1ccc(O)c(NS(C)(=O)=O)c1. The lowest BCUT2D eigenvalue weighted by atomic mass is 9.93. The minimum absolute atomic E-state index is 0.00753. The molecule has 2 atom stereocenters. The lowest BCUT2D eigenvalue weighted by molar-refractivity contribution is -0.121. The molecule has 3 rings (SSSR count). The summed E-state index contributed by atoms with van der Waals surface area (Å²) in [6.07, 6.45) is 2.11. The number of carbonyl (C=O) groups excluding carboxylic acids is 2. The van der Waals surface area contributed by atoms with Crippen LogP contribution in [0, 0.1) is 0 Å². The first-order valence-electron chi connectivity index (χ1n) is 12.1. The van der Waals surface area contributed by atoms with Crippen molar-refractivity contribution >= 4 is 38.5 Å². The molecule has 5 N–H and O–H groups in total. The number of aliphatic hydroxyl groups is 1. The Hall–Kier alpha value is -2.60. The van der Waals surface area contributed by atoms with E-state index < -0.39 is 21.7 Å². The third kappa shape index (κ3) is 9.66. The van der Waals surface area contributed by atoms with Crippen molar-refractivity contribution in [1.82, 2.24) is 10.6 Å². The van der Waals surface area contributed by atoms with Gasteiger partial charge < -0.3 is 20.8 Å². The maximum atomic E-state index is 12.5. The van der Waals surface area contributed by atoms with Gasteiger partial charge in [0.1, 0.15) is 5.75 Å². The molecule has 1 saturated heterocycles. The number of amides is 1. The number of sulfonamides is 1. The molecule has 1 aliphatic rings. The Morgan fingerprint density at radius 3 is 2.62 bits per heavy atom. The van der Waals surface area contributed by atoms with Crippen molar-refractivity contribution in [3.8, 4) is 5.75 Å². The Labute approximate surface area is 222 Å². The highest BCUT2D eigenvalue weighted by Crippen LogP contribution is 2.28. The van der Waals surface area contributed by atoms with E-state index in [1.165, 1.54) is 23.9 Å². The van der Waals surface area contributed by atoms with E-state index >= 15 is 0 Å². The number of rotatable bonds is 11. The van der Waals surface area contributed by atoms with E-state index in [2.05, 4.69) is 15.4 Å². The number of β-amino-alcohol motifs (C(OH)–C–C–N with tert-alkyl or cyclic N) is 1. The van der Waals surface area contributed by atoms with Gasteiger partial charge in [0.25, 0.3) is 0 Å². The second-order valence-corrected chi connectivity index (χ2v) is 13.0. The Kier molecular flexibility index (Phi) is 9.63. The first kappa shape index (κ1) is 29.0. The summed E-state index contributed by atoms with van der Waals surface area (Å²) in [5.41, 5.74) is 1.99. The molecule has 0 aromatic heterocycles. The quantitative estimate of drug-likeness (QED) is 0.269. The topological polar surface area (TPSA) is 145 Å². The Morgan fingerprint density at radius 2 is 1.92 bits per heavy atom. The summed E-state index contributed by atoms with van der Waals surface area (Å²) in [7, 11) is -3.58. The van der Waals surface area contributed by atoms with Gasteiger partial charge in [0.15, 0.2) is 5.12 Å². The number of phenols is 1. The molecule has 2 aromatic rings. The van der Waals surface area contributed by atoms with E-state index in [-0.39, 0.29) is 41.5 Å². The molecule has 1 fully saturated rings. The molecule has 1 unspecified atom stereocenters. The molecule has 1 aliphatic heterocycles. The van der Waals surface area contributed by atoms with Crippen LogP contribution in [0.5, 0.6) is 5.75 Å². The van der Waals surface area contributed by atoms with Gasteiger partial charge in [0, 0.05) is 30.3 Å². The molecule has 0 bridgehead atoms. The molecular formula is C26H35N3O6S2. The van der Waals surface area contributed by atoms with Crippen LogP contribution < -0.4 is 15.4 Å². The Bertz CT molecular complexity index is 1230. The molecule has 1 heterocycles. The first-order chi connectivity index (χ1) is 17.3. The molecular weight excluding hydrogens is 514 g/mol. The van der Waals surface area contributed by atoms with Crippen molar-refractivity contribution in [2.45, 2.75) is 57.2 Å². The van der Waals surface area contributed by atoms with Crippen LogP contribution in [0.1, 0.15) is 49.5 Å². The summed E-state index contributed by atoms with van der Waals surface area (Å²) in [4.78, 5) is 24.1. The van der Waals surface area contributed by atoms with E-state index in [1.54, 1.807) is 6.07 Å². The highest BCUT2D eigenvalue weighted by Gasteiger charge is 2.23. The molecule has 9 nitrogen and oxygen atoms in total. The maximum absolute atomic E-state index is 12.5. The van der Waals surface area contributed by atoms with E-state index in [4.69, 9.17) is 0 Å². The van der Waals surface area contributed by atoms with Crippen LogP contribution in [-0.2, 0) is 32.5 Å². The van der Waals surface area contributed by atoms with Crippen molar-refractivity contribution < 1.29 is 28.2 Å². The average molecular weight is 550 g/mol. The van der Waals surface area contributed by atoms with Gasteiger partial charge in [-0.3, -0.25) is 14.3 Å². The zero-order chi connectivity index (χ0) is 27.2. The summed E-state index contributed by atoms with van der Waals surface area (Å²) < 4.78 is 25.3. The fourth-order valence-corrected chi connectivity index (χ4v) is 5.73. The van der Waals surface area contributed by atoms with Crippen LogP contribution >= 0.6 is 11.8 Å². The van der Waals surface area contributed by atoms with Gasteiger partial charge in [-0.1, -0.05) is 42.1 Å². The van der Waals surface area contributed by atoms with E-state index in [1.807, 2.05) is 38.1 Å². The Balaban J connectivity index is 1.55. The number of anilines is 1. The largest absolute Gasteiger partial charge is 0.506 e. The highest BCUT2D eigenvalue weighted by molar-refractivity contribution is 8.13. The minimum Gasteiger partial charge on any atom is -0.506 e. The number of aliphatic hydroxyl groups excluding tert-OH is 1. The van der Waals surface area contributed by atoms with Crippen molar-refractivity contribution in [2.75, 3.05) is 23.3 Å². The number of thioether (sulfide) groups is 1. The Morgan fingerprint density at radius 1 is 1.19 bits per heavy atom. The third-order valence-electron chi connectivity index (χ3n) is 5.98. The number of nitrogens with one attached hydrogen (secondary N) is 3. The minimum atomic E-state index is -3.58. The van der Waals surface area contributed by atoms with Crippen LogP contribution in [0.4, 0.5) is 5.69 Å². The average Bonchev–Trinajstić information content (AvgIpc) is 2.78. The molecule has 2 aromatic carbocycles. The molecule has 0 spiro atoms. The number of hydrogen-bond acceptors (Lipinski definition) is 8. The van der Waals surface area contributed by atoms with Gasteiger partial charge in [0.05, 0.1) is 24.5 Å². The monoisotopic (exact) mass is 549 g/mol. The van der Waals surface area contributed by atoms with Crippen LogP contribution in [0.15, 0.2) is 42.5 Å². The van der Waals surface area contributed by atoms with Crippen LogP contribution in [0.2, 0.25) is 0 Å². The summed E-state index contributed by atoms with van der Waals surface area (Å²) >= 11 is 1.32. The molecule has 0 saturated carbocycles. The first-order valence-corrected chi connectivity index (χ1v) is 14.9. The predicted octanol–water partition coefficient (Wildman–Crippen LogP) is 2.49. The van der Waals surface area contributed by atoms with Gasteiger partial charge >= 0.3 is 0 Å². The maximum Gasteiger partial charge on any atom is 0.229 e. The lowest BCUT2D eigenvalue weighted by Crippen LogP contribution is -2.43. The van der Waals surface area contributed by atoms with Crippen molar-refractivity contribution in [2.24, 2.45) is 0 Å². The van der Waals surface area contributed by atoms with Gasteiger partial charge in [-0.15, -0.1) is 0 Å². The zero-order valence-electron chi connectivity index (χ0n) is 21.3. The van der Waals surface area contributed by atoms with Crippen LogP contribution in [0.25, 0.3) is 0 Å². The number of carbonyl (C=O) groups is 2. The molecule has 0 radical (unpaired) electrons. The second-order valence-electron chi connectivity index (χ2n) is 10.1. The number of phenolic OH excluding ortho intramolecular Hbond substituents is 1. The van der Waals surface area contributed by atoms with Crippen LogP contribution in [0.3, 0.4) is 0 Å². The lowest BCUT2D eigenvalue weighted by Gasteiger charge is -2.28. The van der Waals surface area contributed by atoms with Crippen LogP contribution in [-0.4, -0.2) is 59.8 Å². The number of aromatic hydroxyl groups is 1. The van der Waals surface area contributed by atoms with Gasteiger partial charge in [-0.25, -0.2) is 8.42 Å². The molecule has 37 heavy (non-hydrogen) atoms. The highest BCUT2D eigenvalue weighted by atomic mass is 32.2. The van der Waals surface area contributed by atoms with Crippen molar-refractivity contribution in [3.63, 3.8) is 0 Å². The summed E-state index contributed by atoms with van der Waals surface area (Å²) in [6, 6.07) is 12.0. The van der Waals surface area contributed by atoms with Gasteiger partial charge in [-0.05, 0) is 55.5 Å². The third-order valence-corrected chi connectivity index (χ3v) is 7.50. The van der Waals surface area contributed by atoms with Crippen molar-refractivity contribution in [1.29, 1.82) is 0 Å². The van der Waals surface area contributed by atoms with E-state index in [0.29, 0.717) is 18.4 Å². The fraction of sp³-hybridized carbons (Fsp3) is 0.462. The number of hydrogen-bond donors (Lipinski definition) is 5. The van der Waals surface area contributed by atoms with Gasteiger partial charge in [-0.2, -0.15) is 0 Å². The smallest absolute Gasteiger partial charge is 0.229 e. The molecule has 202 valence electrons. The predicted molar refractivity (Wildman–Crippen MR) is 146 cm³/mol. The van der Waals surface area contributed by atoms with E-state index in [9.17, 15) is 28.2 Å². The summed E-state index contributed by atoms with van der Waals surface area (Å²) in [5, 5.41) is 27.0. The standard InChI is InChI=1S/C26H35N3O6S2/c1-26(2,27-16-23(31)19-7-8-22(30)21(13-19)29-37(3,34)35)15-18-6-4-5-17(11-18)12-24(32)28-20-9-10-36-25(33)14-20/h4-8,11,13,20,23,27,29-31H,9-10,12,14-16H2,1-3H3,(H,28,32)/t20?,23-/m0/s1.